The van der Waals surface area contributed by atoms with Crippen LogP contribution in [0.25, 0.3) is 0 Å². The summed E-state index contributed by atoms with van der Waals surface area (Å²) < 4.78 is 0. The van der Waals surface area contributed by atoms with Crippen LogP contribution < -0.4 is 0 Å². The SMILES string of the molecule is B.[AlH3].[Ni].[Ti]. The summed E-state index contributed by atoms with van der Waals surface area (Å²) in [6.07, 6.45) is 0. The van der Waals surface area contributed by atoms with Gasteiger partial charge in [0, 0.05) is 38.2 Å². The summed E-state index contributed by atoms with van der Waals surface area (Å²) in [4.78, 5) is 0. The topological polar surface area (TPSA) is 0 Å². The molecule has 0 spiro atoms. The van der Waals surface area contributed by atoms with E-state index in [0.717, 1.165) is 0 Å². The van der Waals surface area contributed by atoms with Crippen molar-refractivity contribution in [2.75, 3.05) is 0 Å². The molecule has 0 aliphatic heterocycles. The summed E-state index contributed by atoms with van der Waals surface area (Å²) in [6.45, 7) is 0. The van der Waals surface area contributed by atoms with Gasteiger partial charge in [-0.05, 0) is 0 Å². The minimum Gasteiger partial charge on any atom is 0 e. The molecule has 0 rings (SSSR count). The molecule has 0 atom stereocenters. The normalized spacial score (nSPS) is 0. The summed E-state index contributed by atoms with van der Waals surface area (Å²) in [6, 6.07) is 0. The molecule has 4 heavy (non-hydrogen) atoms. The first-order chi connectivity index (χ1) is 0. The first-order valence-electron chi connectivity index (χ1n) is 0. The Balaban J connectivity index is 0. The van der Waals surface area contributed by atoms with Gasteiger partial charge in [-0.2, -0.15) is 0 Å². The molecule has 0 aromatic rings. The average molecular weight is 150 g/mol. The van der Waals surface area contributed by atoms with Crippen LogP contribution in [0.1, 0.15) is 0 Å². The van der Waals surface area contributed by atoms with E-state index in [1.165, 1.54) is 0 Å². The Kier molecular flexibility index (Phi) is 220. The minimum atomic E-state index is 0. The minimum absolute atomic E-state index is 0. The van der Waals surface area contributed by atoms with E-state index >= 15 is 0 Å². The predicted octanol–water partition coefficient (Wildman–Crippen LogP) is -2.37. The smallest absolute Gasteiger partial charge is 0 e. The van der Waals surface area contributed by atoms with Crippen LogP contribution in [-0.4, -0.2) is 25.8 Å². The van der Waals surface area contributed by atoms with Crippen molar-refractivity contribution in [3.8, 4) is 0 Å². The van der Waals surface area contributed by atoms with Crippen molar-refractivity contribution in [2.45, 2.75) is 0 Å². The molecule has 4 heteroatoms. The van der Waals surface area contributed by atoms with E-state index in [0.29, 0.717) is 0 Å². The summed E-state index contributed by atoms with van der Waals surface area (Å²) in [5.41, 5.74) is 0. The van der Waals surface area contributed by atoms with Crippen LogP contribution >= 0.6 is 0 Å². The third-order valence-corrected chi connectivity index (χ3v) is 0. The predicted molar refractivity (Wildman–Crippen MR) is 19.9 cm³/mol. The van der Waals surface area contributed by atoms with Gasteiger partial charge in [0.2, 0.25) is 0 Å². The van der Waals surface area contributed by atoms with Crippen LogP contribution in [0.4, 0.5) is 0 Å². The van der Waals surface area contributed by atoms with Gasteiger partial charge in [-0.25, -0.2) is 0 Å². The molecular formula is H6AlBNiTi. The van der Waals surface area contributed by atoms with Crippen molar-refractivity contribution in [3.63, 3.8) is 0 Å². The largest absolute Gasteiger partial charge is 0.187 e. The van der Waals surface area contributed by atoms with E-state index in [4.69, 9.17) is 0 Å². The van der Waals surface area contributed by atoms with Crippen molar-refractivity contribution in [2.24, 2.45) is 0 Å². The molecule has 0 aliphatic rings. The first-order valence-corrected chi connectivity index (χ1v) is 0. The first kappa shape index (κ1) is 41.1. The molecule has 0 nitrogen and oxygen atoms in total. The van der Waals surface area contributed by atoms with E-state index < -0.39 is 0 Å². The quantitative estimate of drug-likeness (QED) is 0.339. The Morgan fingerprint density at radius 3 is 1.00 bits per heavy atom. The average Bonchev–Trinajstić information content (AvgIpc) is 0. The molecule has 0 N–H and O–H groups in total. The second-order valence-electron chi connectivity index (χ2n) is 0. The fraction of sp³-hybridized carbons (Fsp3) is 0. The fourth-order valence-electron chi connectivity index (χ4n) is 0. The Bertz CT molecular complexity index is 8.00. The second kappa shape index (κ2) is 21.4. The van der Waals surface area contributed by atoms with Gasteiger partial charge in [-0.1, -0.05) is 0 Å². The molecule has 0 radical (unpaired) electrons. The van der Waals surface area contributed by atoms with Gasteiger partial charge in [0.05, 0.1) is 8.41 Å². The van der Waals surface area contributed by atoms with Crippen LogP contribution in [0.5, 0.6) is 0 Å². The molecule has 0 aromatic heterocycles. The second-order valence-corrected chi connectivity index (χ2v) is 0. The molecule has 0 aromatic carbocycles. The van der Waals surface area contributed by atoms with Gasteiger partial charge in [0.15, 0.2) is 17.4 Å². The maximum absolute atomic E-state index is 0. The summed E-state index contributed by atoms with van der Waals surface area (Å²) in [5, 5.41) is 0. The van der Waals surface area contributed by atoms with Crippen molar-refractivity contribution in [1.29, 1.82) is 0 Å². The molecular weight excluding hydrogens is 144 g/mol. The molecule has 0 bridgehead atoms. The van der Waals surface area contributed by atoms with E-state index in [9.17, 15) is 0 Å². The van der Waals surface area contributed by atoms with Gasteiger partial charge in [0.1, 0.15) is 0 Å². The third-order valence-electron chi connectivity index (χ3n) is 0. The molecule has 0 saturated carbocycles. The molecule has 26 valence electrons. The third kappa shape index (κ3) is 9.19. The Morgan fingerprint density at radius 1 is 1.00 bits per heavy atom. The summed E-state index contributed by atoms with van der Waals surface area (Å²) >= 11 is 0. The van der Waals surface area contributed by atoms with Gasteiger partial charge < -0.3 is 0 Å². The molecule has 0 fully saturated rings. The number of hydrogen-bond acceptors (Lipinski definition) is 0. The maximum Gasteiger partial charge on any atom is 0.187 e. The molecule has 0 heterocycles. The standard InChI is InChI=1S/Al.BH3.Ni.Ti.3H/h;1H3;;;;;. The van der Waals surface area contributed by atoms with Gasteiger partial charge in [-0.3, -0.25) is 0 Å². The Morgan fingerprint density at radius 2 is 1.00 bits per heavy atom. The van der Waals surface area contributed by atoms with Crippen LogP contribution in [0.3, 0.4) is 0 Å². The molecule has 0 saturated heterocycles. The zero-order chi connectivity index (χ0) is 0. The van der Waals surface area contributed by atoms with Gasteiger partial charge >= 0.3 is 0 Å². The van der Waals surface area contributed by atoms with Crippen LogP contribution in [0, 0.1) is 0 Å². The molecule has 0 unspecified atom stereocenters. The van der Waals surface area contributed by atoms with Crippen molar-refractivity contribution in [3.05, 3.63) is 0 Å². The zero-order valence-electron chi connectivity index (χ0n) is 0.816. The van der Waals surface area contributed by atoms with Crippen molar-refractivity contribution in [1.82, 2.24) is 0 Å². The van der Waals surface area contributed by atoms with Crippen LogP contribution in [0.2, 0.25) is 0 Å². The monoisotopic (exact) mass is 150 g/mol. The van der Waals surface area contributed by atoms with Crippen LogP contribution in [-0.2, 0) is 38.2 Å². The Labute approximate surface area is 63.6 Å². The fourth-order valence-corrected chi connectivity index (χ4v) is 0. The van der Waals surface area contributed by atoms with Gasteiger partial charge in [-0.15, -0.1) is 0 Å². The zero-order valence-corrected chi connectivity index (χ0v) is 3.37. The molecule has 0 aliphatic carbocycles. The number of hydrogen-bond donors (Lipinski definition) is 0. The molecule has 0 amide bonds. The van der Waals surface area contributed by atoms with E-state index in [-0.39, 0.29) is 64.0 Å². The number of rotatable bonds is 0. The van der Waals surface area contributed by atoms with Gasteiger partial charge in [0.25, 0.3) is 0 Å². The van der Waals surface area contributed by atoms with E-state index in [1.54, 1.807) is 0 Å². The van der Waals surface area contributed by atoms with Crippen LogP contribution in [0.15, 0.2) is 0 Å². The Hall–Kier alpha value is 1.81. The summed E-state index contributed by atoms with van der Waals surface area (Å²) in [5.74, 6) is 0. The van der Waals surface area contributed by atoms with Crippen molar-refractivity contribution < 1.29 is 38.2 Å². The maximum atomic E-state index is 0. The van der Waals surface area contributed by atoms with E-state index in [2.05, 4.69) is 0 Å². The van der Waals surface area contributed by atoms with Crippen molar-refractivity contribution >= 4 is 25.8 Å². The van der Waals surface area contributed by atoms with E-state index in [1.807, 2.05) is 0 Å². The summed E-state index contributed by atoms with van der Waals surface area (Å²) in [7, 11) is 0.